The minimum absolute atomic E-state index is 0.249. The van der Waals surface area contributed by atoms with E-state index in [1.807, 2.05) is 0 Å². The Balaban J connectivity index is 2.45. The molecular formula is C12H16BrNO3S. The number of hydrogen-bond donors (Lipinski definition) is 1. The monoisotopic (exact) mass is 333 g/mol. The van der Waals surface area contributed by atoms with Gasteiger partial charge in [0.1, 0.15) is 0 Å². The highest BCUT2D eigenvalue weighted by Gasteiger charge is 2.46. The fraction of sp³-hybridized carbons (Fsp3) is 0.500. The van der Waals surface area contributed by atoms with Gasteiger partial charge in [0, 0.05) is 11.0 Å². The number of aliphatic hydroxyl groups excluding tert-OH is 1. The highest BCUT2D eigenvalue weighted by Crippen LogP contribution is 2.34. The molecule has 1 aliphatic heterocycles. The summed E-state index contributed by atoms with van der Waals surface area (Å²) in [5.74, 6) is 0. The Morgan fingerprint density at radius 2 is 2.11 bits per heavy atom. The van der Waals surface area contributed by atoms with Crippen LogP contribution in [-0.2, 0) is 10.0 Å². The number of nitrogens with zero attached hydrogens (tertiary/aromatic N) is 1. The van der Waals surface area contributed by atoms with Crippen LogP contribution in [0.5, 0.6) is 0 Å². The first-order valence-electron chi connectivity index (χ1n) is 5.73. The zero-order chi connectivity index (χ0) is 13.6. The molecule has 1 saturated heterocycles. The average Bonchev–Trinajstić information content (AvgIpc) is 2.54. The van der Waals surface area contributed by atoms with Gasteiger partial charge in [-0.25, -0.2) is 8.42 Å². The molecule has 0 radical (unpaired) electrons. The summed E-state index contributed by atoms with van der Waals surface area (Å²) >= 11 is 3.27. The van der Waals surface area contributed by atoms with Crippen LogP contribution < -0.4 is 0 Å². The number of sulfonamides is 1. The van der Waals surface area contributed by atoms with E-state index in [4.69, 9.17) is 0 Å². The molecule has 1 fully saturated rings. The second kappa shape index (κ2) is 4.59. The molecule has 1 heterocycles. The van der Waals surface area contributed by atoms with Crippen LogP contribution in [0.1, 0.15) is 20.3 Å². The maximum Gasteiger partial charge on any atom is 0.243 e. The zero-order valence-electron chi connectivity index (χ0n) is 10.3. The van der Waals surface area contributed by atoms with Crippen LogP contribution in [0.3, 0.4) is 0 Å². The summed E-state index contributed by atoms with van der Waals surface area (Å²) in [6.45, 7) is 3.85. The summed E-state index contributed by atoms with van der Waals surface area (Å²) in [6.07, 6.45) is -0.153. The molecule has 1 aromatic carbocycles. The van der Waals surface area contributed by atoms with E-state index in [-0.39, 0.29) is 4.90 Å². The topological polar surface area (TPSA) is 57.6 Å². The van der Waals surface area contributed by atoms with E-state index in [1.165, 1.54) is 4.31 Å². The third kappa shape index (κ3) is 2.22. The summed E-state index contributed by atoms with van der Waals surface area (Å²) < 4.78 is 27.2. The maximum atomic E-state index is 12.5. The molecule has 0 spiro atoms. The van der Waals surface area contributed by atoms with E-state index in [2.05, 4.69) is 15.9 Å². The van der Waals surface area contributed by atoms with Gasteiger partial charge in [-0.1, -0.05) is 22.0 Å². The first-order chi connectivity index (χ1) is 8.26. The molecule has 1 aliphatic rings. The highest BCUT2D eigenvalue weighted by atomic mass is 79.9. The van der Waals surface area contributed by atoms with Crippen LogP contribution in [-0.4, -0.2) is 36.0 Å². The summed E-state index contributed by atoms with van der Waals surface area (Å²) in [5, 5.41) is 9.88. The minimum Gasteiger partial charge on any atom is -0.391 e. The Labute approximate surface area is 116 Å². The Hall–Kier alpha value is -0.430. The Morgan fingerprint density at radius 3 is 2.61 bits per heavy atom. The molecule has 100 valence electrons. The van der Waals surface area contributed by atoms with E-state index in [9.17, 15) is 13.5 Å². The fourth-order valence-electron chi connectivity index (χ4n) is 2.23. The van der Waals surface area contributed by atoms with Crippen LogP contribution in [0.2, 0.25) is 0 Å². The van der Waals surface area contributed by atoms with E-state index < -0.39 is 21.7 Å². The Kier molecular flexibility index (Phi) is 3.57. The molecule has 0 saturated carbocycles. The summed E-state index contributed by atoms with van der Waals surface area (Å²) in [4.78, 5) is 0.249. The molecule has 1 atom stereocenters. The van der Waals surface area contributed by atoms with Gasteiger partial charge in [-0.3, -0.25) is 0 Å². The molecule has 0 aromatic heterocycles. The van der Waals surface area contributed by atoms with Crippen molar-refractivity contribution in [2.75, 3.05) is 6.54 Å². The van der Waals surface area contributed by atoms with Crippen LogP contribution in [0.15, 0.2) is 33.6 Å². The number of halogens is 1. The van der Waals surface area contributed by atoms with Crippen molar-refractivity contribution in [2.24, 2.45) is 0 Å². The minimum atomic E-state index is -3.56. The standard InChI is InChI=1S/C12H16BrNO3S/c1-12(2)11(15)6-7-14(12)18(16,17)10-5-3-4-9(13)8-10/h3-5,8,11,15H,6-7H2,1-2H3. The van der Waals surface area contributed by atoms with Gasteiger partial charge in [-0.05, 0) is 38.5 Å². The second-order valence-corrected chi connectivity index (χ2v) is 7.77. The number of aliphatic hydroxyl groups is 1. The van der Waals surface area contributed by atoms with Gasteiger partial charge in [-0.2, -0.15) is 4.31 Å². The molecule has 1 N–H and O–H groups in total. The Bertz CT molecular complexity index is 556. The molecule has 18 heavy (non-hydrogen) atoms. The van der Waals surface area contributed by atoms with Crippen molar-refractivity contribution in [2.45, 2.75) is 36.8 Å². The van der Waals surface area contributed by atoms with Gasteiger partial charge in [0.2, 0.25) is 10.0 Å². The molecule has 1 unspecified atom stereocenters. The van der Waals surface area contributed by atoms with E-state index in [0.717, 1.165) is 4.47 Å². The molecule has 0 aliphatic carbocycles. The third-order valence-corrected chi connectivity index (χ3v) is 6.02. The second-order valence-electron chi connectivity index (χ2n) is 4.99. The molecule has 2 rings (SSSR count). The van der Waals surface area contributed by atoms with Gasteiger partial charge >= 0.3 is 0 Å². The lowest BCUT2D eigenvalue weighted by Crippen LogP contribution is -2.47. The van der Waals surface area contributed by atoms with Crippen molar-refractivity contribution in [3.05, 3.63) is 28.7 Å². The molecule has 0 amide bonds. The first kappa shape index (κ1) is 14.0. The van der Waals surface area contributed by atoms with Crippen LogP contribution in [0, 0.1) is 0 Å². The smallest absolute Gasteiger partial charge is 0.243 e. The van der Waals surface area contributed by atoms with Crippen LogP contribution in [0.25, 0.3) is 0 Å². The van der Waals surface area contributed by atoms with Crippen molar-refractivity contribution in [3.8, 4) is 0 Å². The summed E-state index contributed by atoms with van der Waals surface area (Å²) in [5.41, 5.74) is -0.763. The van der Waals surface area contributed by atoms with Crippen molar-refractivity contribution >= 4 is 26.0 Å². The molecule has 1 aromatic rings. The van der Waals surface area contributed by atoms with Gasteiger partial charge in [0.05, 0.1) is 16.5 Å². The van der Waals surface area contributed by atoms with Crippen molar-refractivity contribution < 1.29 is 13.5 Å². The highest BCUT2D eigenvalue weighted by molar-refractivity contribution is 9.10. The van der Waals surface area contributed by atoms with Crippen molar-refractivity contribution in [3.63, 3.8) is 0 Å². The summed E-state index contributed by atoms with van der Waals surface area (Å²) in [6, 6.07) is 6.62. The van der Waals surface area contributed by atoms with Gasteiger partial charge in [0.15, 0.2) is 0 Å². The maximum absolute atomic E-state index is 12.5. The van der Waals surface area contributed by atoms with Gasteiger partial charge in [0.25, 0.3) is 0 Å². The zero-order valence-corrected chi connectivity index (χ0v) is 12.7. The van der Waals surface area contributed by atoms with E-state index >= 15 is 0 Å². The third-order valence-electron chi connectivity index (χ3n) is 3.45. The Morgan fingerprint density at radius 1 is 1.44 bits per heavy atom. The largest absolute Gasteiger partial charge is 0.391 e. The normalized spacial score (nSPS) is 24.3. The van der Waals surface area contributed by atoms with Crippen LogP contribution in [0.4, 0.5) is 0 Å². The molecule has 6 heteroatoms. The van der Waals surface area contributed by atoms with Gasteiger partial charge < -0.3 is 5.11 Å². The fourth-order valence-corrected chi connectivity index (χ4v) is 4.65. The van der Waals surface area contributed by atoms with Crippen molar-refractivity contribution in [1.82, 2.24) is 4.31 Å². The summed E-state index contributed by atoms with van der Waals surface area (Å²) in [7, 11) is -3.56. The lowest BCUT2D eigenvalue weighted by molar-refractivity contribution is 0.0901. The SMILES string of the molecule is CC1(C)C(O)CCN1S(=O)(=O)c1cccc(Br)c1. The van der Waals surface area contributed by atoms with E-state index in [0.29, 0.717) is 13.0 Å². The lowest BCUT2D eigenvalue weighted by atomic mass is 10.0. The van der Waals surface area contributed by atoms with E-state index in [1.54, 1.807) is 38.1 Å². The number of rotatable bonds is 2. The molecule has 0 bridgehead atoms. The number of hydrogen-bond acceptors (Lipinski definition) is 3. The van der Waals surface area contributed by atoms with Crippen LogP contribution >= 0.6 is 15.9 Å². The quantitative estimate of drug-likeness (QED) is 0.900. The average molecular weight is 334 g/mol. The first-order valence-corrected chi connectivity index (χ1v) is 7.96. The predicted octanol–water partition coefficient (Wildman–Crippen LogP) is 1.98. The predicted molar refractivity (Wildman–Crippen MR) is 72.7 cm³/mol. The molecule has 4 nitrogen and oxygen atoms in total. The van der Waals surface area contributed by atoms with Crippen molar-refractivity contribution in [1.29, 1.82) is 0 Å². The lowest BCUT2D eigenvalue weighted by Gasteiger charge is -2.32. The molecular weight excluding hydrogens is 318 g/mol. The van der Waals surface area contributed by atoms with Gasteiger partial charge in [-0.15, -0.1) is 0 Å². The number of benzene rings is 1.